The lowest BCUT2D eigenvalue weighted by Gasteiger charge is -2.17. The summed E-state index contributed by atoms with van der Waals surface area (Å²) >= 11 is 0. The third-order valence-electron chi connectivity index (χ3n) is 5.26. The van der Waals surface area contributed by atoms with Gasteiger partial charge in [0.2, 0.25) is 5.95 Å². The summed E-state index contributed by atoms with van der Waals surface area (Å²) in [5.74, 6) is 1.23. The van der Waals surface area contributed by atoms with E-state index in [2.05, 4.69) is 30.4 Å². The lowest BCUT2D eigenvalue weighted by atomic mass is 10.2. The summed E-state index contributed by atoms with van der Waals surface area (Å²) < 4.78 is 0. The van der Waals surface area contributed by atoms with Gasteiger partial charge in [-0.1, -0.05) is 0 Å². The Balaban J connectivity index is 1.22. The fraction of sp³-hybridized carbons (Fsp3) is 0.350. The zero-order chi connectivity index (χ0) is 18.9. The number of amides is 1. The second kappa shape index (κ2) is 7.03. The van der Waals surface area contributed by atoms with Gasteiger partial charge in [-0.3, -0.25) is 14.9 Å². The molecule has 0 aromatic carbocycles. The highest BCUT2D eigenvalue weighted by Crippen LogP contribution is 2.39. The van der Waals surface area contributed by atoms with Gasteiger partial charge >= 0.3 is 0 Å². The molecular weight excluding hydrogens is 354 g/mol. The van der Waals surface area contributed by atoms with Crippen LogP contribution in [0.25, 0.3) is 11.3 Å². The van der Waals surface area contributed by atoms with Gasteiger partial charge in [-0.25, -0.2) is 9.97 Å². The number of anilines is 1. The second-order valence-corrected chi connectivity index (χ2v) is 7.36. The number of H-pyrrole nitrogens is 1. The third kappa shape index (κ3) is 3.45. The minimum Gasteiger partial charge on any atom is -0.346 e. The first-order valence-electron chi connectivity index (χ1n) is 9.61. The number of nitrogens with one attached hydrogen (secondary N) is 2. The van der Waals surface area contributed by atoms with Gasteiger partial charge in [-0.15, -0.1) is 0 Å². The van der Waals surface area contributed by atoms with Gasteiger partial charge in [0.25, 0.3) is 5.91 Å². The molecule has 0 bridgehead atoms. The number of hydrogen-bond donors (Lipinski definition) is 2. The molecule has 1 unspecified atom stereocenters. The molecule has 1 aliphatic heterocycles. The first-order valence-corrected chi connectivity index (χ1v) is 9.61. The van der Waals surface area contributed by atoms with Crippen molar-refractivity contribution in [1.82, 2.24) is 30.5 Å². The van der Waals surface area contributed by atoms with Crippen LogP contribution in [0.15, 0.2) is 42.9 Å². The van der Waals surface area contributed by atoms with Crippen LogP contribution in [0.2, 0.25) is 0 Å². The monoisotopic (exact) mass is 375 g/mol. The summed E-state index contributed by atoms with van der Waals surface area (Å²) in [6.45, 7) is 1.55. The average molecular weight is 375 g/mol. The Morgan fingerprint density at radius 1 is 1.14 bits per heavy atom. The molecule has 2 aliphatic rings. The predicted octanol–water partition coefficient (Wildman–Crippen LogP) is 2.15. The fourth-order valence-electron chi connectivity index (χ4n) is 3.55. The predicted molar refractivity (Wildman–Crippen MR) is 104 cm³/mol. The van der Waals surface area contributed by atoms with E-state index in [1.165, 1.54) is 12.8 Å². The topological polar surface area (TPSA) is 99.7 Å². The van der Waals surface area contributed by atoms with Crippen LogP contribution in [0.3, 0.4) is 0 Å². The molecule has 3 aromatic heterocycles. The molecule has 8 heteroatoms. The van der Waals surface area contributed by atoms with Crippen LogP contribution in [0, 0.1) is 0 Å². The van der Waals surface area contributed by atoms with Gasteiger partial charge in [0, 0.05) is 54.9 Å². The molecule has 1 saturated carbocycles. The molecule has 0 spiro atoms. The number of nitrogens with zero attached hydrogens (tertiary/aromatic N) is 5. The van der Waals surface area contributed by atoms with E-state index in [-0.39, 0.29) is 11.9 Å². The molecule has 142 valence electrons. The van der Waals surface area contributed by atoms with Crippen molar-refractivity contribution in [1.29, 1.82) is 0 Å². The van der Waals surface area contributed by atoms with Crippen LogP contribution >= 0.6 is 0 Å². The lowest BCUT2D eigenvalue weighted by molar-refractivity contribution is 0.0935. The highest BCUT2D eigenvalue weighted by molar-refractivity contribution is 5.93. The smallest absolute Gasteiger partial charge is 0.269 e. The molecule has 3 aromatic rings. The Morgan fingerprint density at radius 3 is 2.82 bits per heavy atom. The van der Waals surface area contributed by atoms with Crippen molar-refractivity contribution >= 4 is 11.9 Å². The van der Waals surface area contributed by atoms with E-state index in [4.69, 9.17) is 4.98 Å². The molecule has 4 heterocycles. The van der Waals surface area contributed by atoms with Gasteiger partial charge in [-0.05, 0) is 43.5 Å². The quantitative estimate of drug-likeness (QED) is 0.709. The second-order valence-electron chi connectivity index (χ2n) is 7.36. The molecule has 1 saturated heterocycles. The number of aromatic nitrogens is 5. The van der Waals surface area contributed by atoms with E-state index in [9.17, 15) is 4.79 Å². The zero-order valence-corrected chi connectivity index (χ0v) is 15.4. The first kappa shape index (κ1) is 16.9. The van der Waals surface area contributed by atoms with Crippen molar-refractivity contribution in [3.8, 4) is 11.3 Å². The highest BCUT2D eigenvalue weighted by Gasteiger charge is 2.29. The number of carbonyl (C=O) groups is 1. The van der Waals surface area contributed by atoms with Gasteiger partial charge in [0.1, 0.15) is 5.69 Å². The van der Waals surface area contributed by atoms with Crippen molar-refractivity contribution in [2.75, 3.05) is 18.0 Å². The molecule has 2 fully saturated rings. The van der Waals surface area contributed by atoms with Crippen molar-refractivity contribution in [3.05, 3.63) is 54.2 Å². The maximum Gasteiger partial charge on any atom is 0.269 e. The number of carbonyl (C=O) groups excluding carboxylic acids is 1. The maximum atomic E-state index is 12.6. The molecule has 8 nitrogen and oxygen atoms in total. The van der Waals surface area contributed by atoms with Crippen LogP contribution in [0.1, 0.15) is 41.4 Å². The van der Waals surface area contributed by atoms with E-state index in [0.29, 0.717) is 18.2 Å². The fourth-order valence-corrected chi connectivity index (χ4v) is 3.55. The van der Waals surface area contributed by atoms with E-state index in [1.54, 1.807) is 18.5 Å². The van der Waals surface area contributed by atoms with Gasteiger partial charge in [0.15, 0.2) is 0 Å². The molecule has 28 heavy (non-hydrogen) atoms. The van der Waals surface area contributed by atoms with Gasteiger partial charge < -0.3 is 10.2 Å². The summed E-state index contributed by atoms with van der Waals surface area (Å²) in [6, 6.07) is 7.56. The third-order valence-corrected chi connectivity index (χ3v) is 5.26. The van der Waals surface area contributed by atoms with Crippen LogP contribution in [0.5, 0.6) is 0 Å². The van der Waals surface area contributed by atoms with Crippen LogP contribution in [-0.4, -0.2) is 50.2 Å². The number of pyridine rings is 1. The lowest BCUT2D eigenvalue weighted by Crippen LogP contribution is -2.37. The summed E-state index contributed by atoms with van der Waals surface area (Å²) in [5, 5.41) is 10.1. The Labute approximate surface area is 162 Å². The van der Waals surface area contributed by atoms with Crippen molar-refractivity contribution in [2.45, 2.75) is 31.2 Å². The Kier molecular flexibility index (Phi) is 4.23. The van der Waals surface area contributed by atoms with Crippen molar-refractivity contribution in [3.63, 3.8) is 0 Å². The summed E-state index contributed by atoms with van der Waals surface area (Å²) in [5.41, 5.74) is 3.24. The van der Waals surface area contributed by atoms with Gasteiger partial charge in [-0.2, -0.15) is 5.10 Å². The molecule has 1 amide bonds. The minimum absolute atomic E-state index is 0.0633. The maximum absolute atomic E-state index is 12.6. The van der Waals surface area contributed by atoms with Gasteiger partial charge in [0.05, 0.1) is 5.69 Å². The summed E-state index contributed by atoms with van der Waals surface area (Å²) in [6.07, 6.45) is 8.57. The Morgan fingerprint density at radius 2 is 2.00 bits per heavy atom. The Hall–Kier alpha value is -3.29. The van der Waals surface area contributed by atoms with Crippen LogP contribution in [0.4, 0.5) is 5.95 Å². The van der Waals surface area contributed by atoms with E-state index in [1.807, 2.05) is 24.4 Å². The molecule has 0 radical (unpaired) electrons. The summed E-state index contributed by atoms with van der Waals surface area (Å²) in [4.78, 5) is 27.9. The van der Waals surface area contributed by atoms with Crippen LogP contribution in [-0.2, 0) is 0 Å². The standard InChI is InChI=1S/C20H21N7O/c28-19(18-11-17(25-26-18)14-3-7-21-8-4-14)23-15-6-10-27(12-15)20-22-9-5-16(24-20)13-1-2-13/h3-5,7-9,11,13,15H,1-2,6,10,12H2,(H,23,28)(H,25,26). The molecule has 1 aliphatic carbocycles. The molecule has 5 rings (SSSR count). The highest BCUT2D eigenvalue weighted by atomic mass is 16.2. The Bertz CT molecular complexity index is 983. The minimum atomic E-state index is -0.146. The number of hydrogen-bond acceptors (Lipinski definition) is 6. The molecular formula is C20H21N7O. The van der Waals surface area contributed by atoms with E-state index < -0.39 is 0 Å². The summed E-state index contributed by atoms with van der Waals surface area (Å²) in [7, 11) is 0. The van der Waals surface area contributed by atoms with Crippen molar-refractivity contribution < 1.29 is 4.79 Å². The van der Waals surface area contributed by atoms with E-state index in [0.717, 1.165) is 35.9 Å². The normalized spacial score (nSPS) is 19.0. The van der Waals surface area contributed by atoms with E-state index >= 15 is 0 Å². The average Bonchev–Trinajstić information content (AvgIpc) is 3.28. The number of aromatic amines is 1. The molecule has 1 atom stereocenters. The largest absolute Gasteiger partial charge is 0.346 e. The first-order chi connectivity index (χ1) is 13.8. The number of rotatable bonds is 5. The zero-order valence-electron chi connectivity index (χ0n) is 15.4. The molecule has 2 N–H and O–H groups in total. The van der Waals surface area contributed by atoms with Crippen molar-refractivity contribution in [2.24, 2.45) is 0 Å². The SMILES string of the molecule is O=C(NC1CCN(c2nccc(C3CC3)n2)C1)c1cc(-c2ccncc2)n[nH]1. The van der Waals surface area contributed by atoms with Crippen LogP contribution < -0.4 is 10.2 Å².